The van der Waals surface area contributed by atoms with E-state index in [1.807, 2.05) is 18.2 Å². The van der Waals surface area contributed by atoms with E-state index in [0.29, 0.717) is 13.0 Å². The quantitative estimate of drug-likeness (QED) is 0.904. The summed E-state index contributed by atoms with van der Waals surface area (Å²) in [6.07, 6.45) is 2.85. The average Bonchev–Trinajstić information content (AvgIpc) is 2.48. The summed E-state index contributed by atoms with van der Waals surface area (Å²) in [5.74, 6) is 0.274. The van der Waals surface area contributed by atoms with Gasteiger partial charge in [-0.2, -0.15) is 0 Å². The first-order valence-corrected chi connectivity index (χ1v) is 6.57. The minimum absolute atomic E-state index is 0.0617. The van der Waals surface area contributed by atoms with E-state index in [2.05, 4.69) is 4.98 Å². The molecular weight excluding hydrogens is 252 g/mol. The summed E-state index contributed by atoms with van der Waals surface area (Å²) in [4.78, 5) is 18.0. The number of carbonyl (C=O) groups is 1. The molecule has 0 aliphatic carbocycles. The Bertz CT molecular complexity index is 552. The second kappa shape index (κ2) is 6.70. The third-order valence-electron chi connectivity index (χ3n) is 3.15. The Balaban J connectivity index is 1.84. The topological polar surface area (TPSA) is 53.4 Å². The average molecular weight is 270 g/mol. The molecule has 0 aliphatic rings. The molecule has 2 rings (SSSR count). The van der Waals surface area contributed by atoms with Crippen molar-refractivity contribution in [1.82, 2.24) is 9.88 Å². The van der Waals surface area contributed by atoms with Gasteiger partial charge in [-0.15, -0.1) is 0 Å². The molecule has 104 valence electrons. The second-order valence-corrected chi connectivity index (χ2v) is 4.73. The van der Waals surface area contributed by atoms with Crippen LogP contribution in [0.1, 0.15) is 11.3 Å². The zero-order valence-electron chi connectivity index (χ0n) is 11.5. The molecule has 1 amide bonds. The molecule has 1 N–H and O–H groups in total. The maximum Gasteiger partial charge on any atom is 0.226 e. The van der Waals surface area contributed by atoms with Crippen LogP contribution in [-0.2, 0) is 17.6 Å². The highest BCUT2D eigenvalue weighted by molar-refractivity contribution is 5.78. The lowest BCUT2D eigenvalue weighted by Crippen LogP contribution is -2.30. The summed E-state index contributed by atoms with van der Waals surface area (Å²) in [5, 5.41) is 9.21. The molecule has 0 atom stereocenters. The second-order valence-electron chi connectivity index (χ2n) is 4.73. The number of amides is 1. The predicted octanol–water partition coefficient (Wildman–Crippen LogP) is 2.03. The van der Waals surface area contributed by atoms with Gasteiger partial charge in [0.2, 0.25) is 5.91 Å². The molecule has 0 radical (unpaired) electrons. The number of aromatic hydroxyl groups is 1. The van der Waals surface area contributed by atoms with Crippen LogP contribution in [0.3, 0.4) is 0 Å². The molecule has 1 heterocycles. The van der Waals surface area contributed by atoms with E-state index < -0.39 is 0 Å². The van der Waals surface area contributed by atoms with Crippen LogP contribution in [0, 0.1) is 0 Å². The maximum absolute atomic E-state index is 12.1. The number of benzene rings is 1. The summed E-state index contributed by atoms with van der Waals surface area (Å²) in [6, 6.07) is 12.5. The SMILES string of the molecule is CN(CCc1ccccn1)C(=O)Cc1ccc(O)cc1. The van der Waals surface area contributed by atoms with Crippen molar-refractivity contribution in [3.05, 3.63) is 59.9 Å². The highest BCUT2D eigenvalue weighted by Gasteiger charge is 2.09. The fourth-order valence-corrected chi connectivity index (χ4v) is 1.88. The van der Waals surface area contributed by atoms with Gasteiger partial charge in [-0.25, -0.2) is 0 Å². The normalized spacial score (nSPS) is 10.2. The molecular formula is C16H18N2O2. The lowest BCUT2D eigenvalue weighted by atomic mass is 10.1. The van der Waals surface area contributed by atoms with Gasteiger partial charge in [0.1, 0.15) is 5.75 Å². The smallest absolute Gasteiger partial charge is 0.226 e. The largest absolute Gasteiger partial charge is 0.508 e. The summed E-state index contributed by atoms with van der Waals surface area (Å²) in [7, 11) is 1.80. The number of aromatic nitrogens is 1. The summed E-state index contributed by atoms with van der Waals surface area (Å²) >= 11 is 0. The van der Waals surface area contributed by atoms with Crippen LogP contribution >= 0.6 is 0 Å². The third-order valence-corrected chi connectivity index (χ3v) is 3.15. The zero-order valence-corrected chi connectivity index (χ0v) is 11.5. The van der Waals surface area contributed by atoms with Gasteiger partial charge in [0, 0.05) is 31.9 Å². The molecule has 4 heteroatoms. The minimum atomic E-state index is 0.0617. The predicted molar refractivity (Wildman–Crippen MR) is 77.4 cm³/mol. The molecule has 0 fully saturated rings. The van der Waals surface area contributed by atoms with Gasteiger partial charge in [0.05, 0.1) is 6.42 Å². The number of rotatable bonds is 5. The highest BCUT2D eigenvalue weighted by Crippen LogP contribution is 2.10. The fraction of sp³-hybridized carbons (Fsp3) is 0.250. The standard InChI is InChI=1S/C16H18N2O2/c1-18(11-9-14-4-2-3-10-17-14)16(20)12-13-5-7-15(19)8-6-13/h2-8,10,19H,9,11-12H2,1H3. The molecule has 1 aromatic heterocycles. The van der Waals surface area contributed by atoms with Crippen molar-refractivity contribution in [2.24, 2.45) is 0 Å². The molecule has 20 heavy (non-hydrogen) atoms. The van der Waals surface area contributed by atoms with Gasteiger partial charge in [-0.1, -0.05) is 18.2 Å². The molecule has 0 aliphatic heterocycles. The van der Waals surface area contributed by atoms with E-state index in [1.165, 1.54) is 0 Å². The Morgan fingerprint density at radius 1 is 1.20 bits per heavy atom. The Kier molecular flexibility index (Phi) is 4.71. The van der Waals surface area contributed by atoms with Crippen molar-refractivity contribution in [2.45, 2.75) is 12.8 Å². The summed E-state index contributed by atoms with van der Waals surface area (Å²) in [5.41, 5.74) is 1.88. The molecule has 4 nitrogen and oxygen atoms in total. The van der Waals surface area contributed by atoms with E-state index in [1.54, 1.807) is 42.4 Å². The van der Waals surface area contributed by atoms with E-state index in [4.69, 9.17) is 0 Å². The molecule has 1 aromatic carbocycles. The van der Waals surface area contributed by atoms with Crippen molar-refractivity contribution in [3.8, 4) is 5.75 Å². The van der Waals surface area contributed by atoms with Gasteiger partial charge >= 0.3 is 0 Å². The molecule has 0 spiro atoms. The van der Waals surface area contributed by atoms with Gasteiger partial charge in [0.25, 0.3) is 0 Å². The minimum Gasteiger partial charge on any atom is -0.508 e. The van der Waals surface area contributed by atoms with Crippen LogP contribution in [0.5, 0.6) is 5.75 Å². The lowest BCUT2D eigenvalue weighted by Gasteiger charge is -2.17. The molecule has 0 saturated heterocycles. The Labute approximate surface area is 118 Å². The van der Waals surface area contributed by atoms with Crippen molar-refractivity contribution in [1.29, 1.82) is 0 Å². The Morgan fingerprint density at radius 3 is 2.60 bits per heavy atom. The van der Waals surface area contributed by atoms with E-state index >= 15 is 0 Å². The van der Waals surface area contributed by atoms with Gasteiger partial charge in [-0.05, 0) is 29.8 Å². The number of nitrogens with zero attached hydrogens (tertiary/aromatic N) is 2. The number of likely N-dealkylation sites (N-methyl/N-ethyl adjacent to an activating group) is 1. The van der Waals surface area contributed by atoms with Crippen LogP contribution in [-0.4, -0.2) is 34.5 Å². The van der Waals surface area contributed by atoms with Crippen molar-refractivity contribution >= 4 is 5.91 Å². The van der Waals surface area contributed by atoms with Gasteiger partial charge < -0.3 is 10.0 Å². The van der Waals surface area contributed by atoms with Crippen LogP contribution in [0.2, 0.25) is 0 Å². The monoisotopic (exact) mass is 270 g/mol. The van der Waals surface area contributed by atoms with Crippen molar-refractivity contribution in [2.75, 3.05) is 13.6 Å². The lowest BCUT2D eigenvalue weighted by molar-refractivity contribution is -0.129. The number of phenols is 1. The summed E-state index contributed by atoms with van der Waals surface area (Å²) in [6.45, 7) is 0.647. The first kappa shape index (κ1) is 14.1. The van der Waals surface area contributed by atoms with E-state index in [0.717, 1.165) is 17.7 Å². The van der Waals surface area contributed by atoms with Crippen LogP contribution < -0.4 is 0 Å². The first-order chi connectivity index (χ1) is 9.65. The van der Waals surface area contributed by atoms with E-state index in [-0.39, 0.29) is 11.7 Å². The van der Waals surface area contributed by atoms with Crippen molar-refractivity contribution in [3.63, 3.8) is 0 Å². The molecule has 0 bridgehead atoms. The van der Waals surface area contributed by atoms with E-state index in [9.17, 15) is 9.90 Å². The fourth-order valence-electron chi connectivity index (χ4n) is 1.88. The maximum atomic E-state index is 12.1. The Morgan fingerprint density at radius 2 is 1.95 bits per heavy atom. The van der Waals surface area contributed by atoms with Gasteiger partial charge in [-0.3, -0.25) is 9.78 Å². The summed E-state index contributed by atoms with van der Waals surface area (Å²) < 4.78 is 0. The highest BCUT2D eigenvalue weighted by atomic mass is 16.3. The van der Waals surface area contributed by atoms with Crippen molar-refractivity contribution < 1.29 is 9.90 Å². The number of carbonyl (C=O) groups excluding carboxylic acids is 1. The Hall–Kier alpha value is -2.36. The van der Waals surface area contributed by atoms with Crippen LogP contribution in [0.25, 0.3) is 0 Å². The zero-order chi connectivity index (χ0) is 14.4. The number of hydrogen-bond donors (Lipinski definition) is 1. The molecule has 0 unspecified atom stereocenters. The number of phenolic OH excluding ortho intramolecular Hbond substituents is 1. The molecule has 2 aromatic rings. The van der Waals surface area contributed by atoms with Crippen LogP contribution in [0.4, 0.5) is 0 Å². The third kappa shape index (κ3) is 4.09. The first-order valence-electron chi connectivity index (χ1n) is 6.57. The van der Waals surface area contributed by atoms with Crippen LogP contribution in [0.15, 0.2) is 48.7 Å². The van der Waals surface area contributed by atoms with Gasteiger partial charge in [0.15, 0.2) is 0 Å². The molecule has 0 saturated carbocycles. The number of pyridine rings is 1. The number of hydrogen-bond acceptors (Lipinski definition) is 3.